The maximum atomic E-state index is 12.6. The molecule has 1 saturated heterocycles. The Balaban J connectivity index is 1.69. The van der Waals surface area contributed by atoms with Crippen molar-refractivity contribution in [1.29, 1.82) is 0 Å². The summed E-state index contributed by atoms with van der Waals surface area (Å²) >= 11 is 1.48. The Labute approximate surface area is 117 Å². The largest absolute Gasteiger partial charge is 0.496 e. The van der Waals surface area contributed by atoms with Crippen LogP contribution >= 0.6 is 11.3 Å². The number of methoxy groups -OCH3 is 1. The molecule has 1 saturated carbocycles. The molecule has 1 amide bonds. The van der Waals surface area contributed by atoms with Crippen LogP contribution in [0.25, 0.3) is 0 Å². The smallest absolute Gasteiger partial charge is 0.264 e. The Morgan fingerprint density at radius 2 is 2.37 bits per heavy atom. The van der Waals surface area contributed by atoms with E-state index in [1.807, 2.05) is 11.4 Å². The molecule has 0 aromatic carbocycles. The highest BCUT2D eigenvalue weighted by atomic mass is 32.1. The SMILES string of the molecule is COc1csc(C(=O)N(CC2CCCN2)C2CC2)c1. The fourth-order valence-electron chi connectivity index (χ4n) is 2.61. The van der Waals surface area contributed by atoms with Gasteiger partial charge in [0.2, 0.25) is 0 Å². The van der Waals surface area contributed by atoms with Crippen molar-refractivity contribution in [3.63, 3.8) is 0 Å². The average Bonchev–Trinajstić information content (AvgIpc) is 2.95. The van der Waals surface area contributed by atoms with Gasteiger partial charge in [-0.2, -0.15) is 0 Å². The second-order valence-corrected chi connectivity index (χ2v) is 6.24. The Morgan fingerprint density at radius 1 is 1.53 bits per heavy atom. The van der Waals surface area contributed by atoms with Crippen molar-refractivity contribution in [1.82, 2.24) is 10.2 Å². The van der Waals surface area contributed by atoms with Crippen LogP contribution in [-0.4, -0.2) is 43.1 Å². The number of rotatable bonds is 5. The van der Waals surface area contributed by atoms with Crippen LogP contribution in [0.1, 0.15) is 35.4 Å². The minimum Gasteiger partial charge on any atom is -0.496 e. The molecule has 4 nitrogen and oxygen atoms in total. The van der Waals surface area contributed by atoms with E-state index in [2.05, 4.69) is 10.2 Å². The molecule has 1 aliphatic heterocycles. The molecule has 1 N–H and O–H groups in total. The van der Waals surface area contributed by atoms with Crippen LogP contribution in [-0.2, 0) is 0 Å². The first-order chi connectivity index (χ1) is 9.28. The van der Waals surface area contributed by atoms with Gasteiger partial charge in [0.05, 0.1) is 12.0 Å². The van der Waals surface area contributed by atoms with E-state index in [0.717, 1.165) is 36.6 Å². The van der Waals surface area contributed by atoms with Gasteiger partial charge in [-0.05, 0) is 32.2 Å². The van der Waals surface area contributed by atoms with E-state index in [-0.39, 0.29) is 5.91 Å². The molecule has 2 aliphatic rings. The van der Waals surface area contributed by atoms with Gasteiger partial charge in [-0.25, -0.2) is 0 Å². The minimum atomic E-state index is 0.171. The van der Waals surface area contributed by atoms with Gasteiger partial charge in [-0.15, -0.1) is 11.3 Å². The van der Waals surface area contributed by atoms with E-state index >= 15 is 0 Å². The molecule has 0 radical (unpaired) electrons. The molecular weight excluding hydrogens is 260 g/mol. The van der Waals surface area contributed by atoms with Crippen LogP contribution in [0.4, 0.5) is 0 Å². The third-order valence-electron chi connectivity index (χ3n) is 3.85. The third kappa shape index (κ3) is 2.92. The quantitative estimate of drug-likeness (QED) is 0.898. The van der Waals surface area contributed by atoms with Crippen molar-refractivity contribution in [2.24, 2.45) is 0 Å². The lowest BCUT2D eigenvalue weighted by atomic mass is 10.2. The van der Waals surface area contributed by atoms with E-state index < -0.39 is 0 Å². The Bertz CT molecular complexity index is 450. The summed E-state index contributed by atoms with van der Waals surface area (Å²) < 4.78 is 5.16. The summed E-state index contributed by atoms with van der Waals surface area (Å²) in [4.78, 5) is 15.5. The molecular formula is C14H20N2O2S. The lowest BCUT2D eigenvalue weighted by Crippen LogP contribution is -2.42. The number of hydrogen-bond acceptors (Lipinski definition) is 4. The van der Waals surface area contributed by atoms with E-state index in [9.17, 15) is 4.79 Å². The highest BCUT2D eigenvalue weighted by Crippen LogP contribution is 2.31. The van der Waals surface area contributed by atoms with Crippen molar-refractivity contribution < 1.29 is 9.53 Å². The summed E-state index contributed by atoms with van der Waals surface area (Å²) in [5, 5.41) is 5.37. The lowest BCUT2D eigenvalue weighted by molar-refractivity contribution is 0.0733. The minimum absolute atomic E-state index is 0.171. The number of hydrogen-bond donors (Lipinski definition) is 1. The Kier molecular flexibility index (Phi) is 3.75. The number of carbonyl (C=O) groups excluding carboxylic acids is 1. The monoisotopic (exact) mass is 280 g/mol. The predicted octanol–water partition coefficient (Wildman–Crippen LogP) is 2.11. The predicted molar refractivity (Wildman–Crippen MR) is 76.0 cm³/mol. The molecule has 0 spiro atoms. The molecule has 1 aromatic heterocycles. The highest BCUT2D eigenvalue weighted by Gasteiger charge is 2.35. The van der Waals surface area contributed by atoms with Crippen LogP contribution in [0.3, 0.4) is 0 Å². The van der Waals surface area contributed by atoms with E-state index in [1.165, 1.54) is 24.2 Å². The summed E-state index contributed by atoms with van der Waals surface area (Å²) in [5.41, 5.74) is 0. The van der Waals surface area contributed by atoms with Crippen LogP contribution < -0.4 is 10.1 Å². The number of nitrogens with zero attached hydrogens (tertiary/aromatic N) is 1. The molecule has 1 aromatic rings. The molecule has 19 heavy (non-hydrogen) atoms. The molecule has 2 heterocycles. The van der Waals surface area contributed by atoms with E-state index in [0.29, 0.717) is 12.1 Å². The van der Waals surface area contributed by atoms with Gasteiger partial charge in [0.25, 0.3) is 5.91 Å². The molecule has 1 aliphatic carbocycles. The first-order valence-corrected chi connectivity index (χ1v) is 7.83. The number of thiophene rings is 1. The second kappa shape index (κ2) is 5.51. The Hall–Kier alpha value is -1.07. The van der Waals surface area contributed by atoms with E-state index in [4.69, 9.17) is 4.74 Å². The maximum absolute atomic E-state index is 12.6. The van der Waals surface area contributed by atoms with Crippen molar-refractivity contribution in [2.75, 3.05) is 20.2 Å². The topological polar surface area (TPSA) is 41.6 Å². The third-order valence-corrected chi connectivity index (χ3v) is 4.75. The highest BCUT2D eigenvalue weighted by molar-refractivity contribution is 7.12. The molecule has 5 heteroatoms. The van der Waals surface area contributed by atoms with Crippen LogP contribution in [0, 0.1) is 0 Å². The summed E-state index contributed by atoms with van der Waals surface area (Å²) in [5.74, 6) is 0.951. The van der Waals surface area contributed by atoms with Crippen molar-refractivity contribution >= 4 is 17.2 Å². The van der Waals surface area contributed by atoms with Gasteiger partial charge in [-0.3, -0.25) is 4.79 Å². The lowest BCUT2D eigenvalue weighted by Gasteiger charge is -2.25. The van der Waals surface area contributed by atoms with Crippen molar-refractivity contribution in [3.05, 3.63) is 16.3 Å². The van der Waals surface area contributed by atoms with Gasteiger partial charge in [0, 0.05) is 30.1 Å². The summed E-state index contributed by atoms with van der Waals surface area (Å²) in [6, 6.07) is 2.79. The molecule has 1 unspecified atom stereocenters. The Morgan fingerprint density at radius 3 is 2.95 bits per heavy atom. The molecule has 0 bridgehead atoms. The molecule has 1 atom stereocenters. The number of carbonyl (C=O) groups is 1. The van der Waals surface area contributed by atoms with Gasteiger partial charge in [-0.1, -0.05) is 0 Å². The fraction of sp³-hybridized carbons (Fsp3) is 0.643. The van der Waals surface area contributed by atoms with Crippen LogP contribution in [0.2, 0.25) is 0 Å². The van der Waals surface area contributed by atoms with Crippen molar-refractivity contribution in [3.8, 4) is 5.75 Å². The fourth-order valence-corrected chi connectivity index (χ4v) is 3.42. The number of ether oxygens (including phenoxy) is 1. The van der Waals surface area contributed by atoms with Gasteiger partial charge in [0.15, 0.2) is 0 Å². The number of amides is 1. The zero-order chi connectivity index (χ0) is 13.2. The maximum Gasteiger partial charge on any atom is 0.264 e. The number of nitrogens with one attached hydrogen (secondary N) is 1. The molecule has 3 rings (SSSR count). The van der Waals surface area contributed by atoms with Gasteiger partial charge < -0.3 is 15.0 Å². The average molecular weight is 280 g/mol. The van der Waals surface area contributed by atoms with Crippen LogP contribution in [0.15, 0.2) is 11.4 Å². The standard InChI is InChI=1S/C14H20N2O2S/c1-18-12-7-13(19-9-12)14(17)16(11-4-5-11)8-10-3-2-6-15-10/h7,9-11,15H,2-6,8H2,1H3. The summed E-state index contributed by atoms with van der Waals surface area (Å²) in [7, 11) is 1.64. The summed E-state index contributed by atoms with van der Waals surface area (Å²) in [6.45, 7) is 1.94. The summed E-state index contributed by atoms with van der Waals surface area (Å²) in [6.07, 6.45) is 4.72. The van der Waals surface area contributed by atoms with Crippen molar-refractivity contribution in [2.45, 2.75) is 37.8 Å². The van der Waals surface area contributed by atoms with Gasteiger partial charge >= 0.3 is 0 Å². The van der Waals surface area contributed by atoms with E-state index in [1.54, 1.807) is 7.11 Å². The molecule has 2 fully saturated rings. The zero-order valence-electron chi connectivity index (χ0n) is 11.2. The zero-order valence-corrected chi connectivity index (χ0v) is 12.0. The molecule has 104 valence electrons. The van der Waals surface area contributed by atoms with Crippen LogP contribution in [0.5, 0.6) is 5.75 Å². The van der Waals surface area contributed by atoms with Gasteiger partial charge in [0.1, 0.15) is 5.75 Å². The first kappa shape index (κ1) is 12.9. The normalized spacial score (nSPS) is 22.5. The second-order valence-electron chi connectivity index (χ2n) is 5.33. The first-order valence-electron chi connectivity index (χ1n) is 6.95.